The quantitative estimate of drug-likeness (QED) is 0.776. The van der Waals surface area contributed by atoms with Gasteiger partial charge in [-0.2, -0.15) is 5.10 Å². The van der Waals surface area contributed by atoms with Crippen LogP contribution in [-0.4, -0.2) is 33.4 Å². The molecule has 21 heavy (non-hydrogen) atoms. The zero-order chi connectivity index (χ0) is 15.2. The molecule has 0 saturated heterocycles. The van der Waals surface area contributed by atoms with Gasteiger partial charge >= 0.3 is 12.0 Å². The van der Waals surface area contributed by atoms with E-state index in [-0.39, 0.29) is 11.6 Å². The summed E-state index contributed by atoms with van der Waals surface area (Å²) in [6, 6.07) is 6.28. The van der Waals surface area contributed by atoms with E-state index in [9.17, 15) is 9.59 Å². The number of carbonyl (C=O) groups is 2. The number of carboxylic acid groups (broad SMARTS) is 1. The van der Waals surface area contributed by atoms with Crippen LogP contribution in [0.3, 0.4) is 0 Å². The van der Waals surface area contributed by atoms with Crippen molar-refractivity contribution in [3.63, 3.8) is 0 Å². The van der Waals surface area contributed by atoms with E-state index >= 15 is 0 Å². The third kappa shape index (κ3) is 4.34. The van der Waals surface area contributed by atoms with Crippen molar-refractivity contribution in [3.05, 3.63) is 47.8 Å². The minimum absolute atomic E-state index is 0.251. The predicted octanol–water partition coefficient (Wildman–Crippen LogP) is 1.48. The molecule has 0 spiro atoms. The highest BCUT2D eigenvalue weighted by Crippen LogP contribution is 2.05. The number of anilines is 1. The number of aryl methyl sites for hydroxylation is 1. The molecule has 0 bridgehead atoms. The summed E-state index contributed by atoms with van der Waals surface area (Å²) in [6.45, 7) is 0.457. The first kappa shape index (κ1) is 14.6. The van der Waals surface area contributed by atoms with Gasteiger partial charge in [-0.3, -0.25) is 4.68 Å². The number of aromatic nitrogens is 2. The summed E-state index contributed by atoms with van der Waals surface area (Å²) in [4.78, 5) is 22.3. The molecule has 0 aliphatic carbocycles. The Bertz CT molecular complexity index is 634. The van der Waals surface area contributed by atoms with Crippen molar-refractivity contribution >= 4 is 17.7 Å². The monoisotopic (exact) mass is 288 g/mol. The molecule has 0 aliphatic heterocycles. The highest BCUT2D eigenvalue weighted by molar-refractivity contribution is 5.89. The molecular weight excluding hydrogens is 272 g/mol. The molecule has 0 aliphatic rings. The number of amides is 2. The molecule has 0 unspecified atom stereocenters. The number of hydrogen-bond acceptors (Lipinski definition) is 3. The number of hydrogen-bond donors (Lipinski definition) is 3. The number of benzene rings is 1. The van der Waals surface area contributed by atoms with Crippen LogP contribution in [0.4, 0.5) is 10.5 Å². The molecule has 110 valence electrons. The average molecular weight is 288 g/mol. The van der Waals surface area contributed by atoms with E-state index in [1.165, 1.54) is 0 Å². The largest absolute Gasteiger partial charge is 0.478 e. The Kier molecular flexibility index (Phi) is 4.55. The molecule has 3 N–H and O–H groups in total. The molecule has 1 heterocycles. The third-order valence-electron chi connectivity index (χ3n) is 2.86. The average Bonchev–Trinajstić information content (AvgIpc) is 2.84. The van der Waals surface area contributed by atoms with Gasteiger partial charge in [-0.1, -0.05) is 12.1 Å². The van der Waals surface area contributed by atoms with Crippen LogP contribution in [0, 0.1) is 0 Å². The van der Waals surface area contributed by atoms with E-state index in [1.54, 1.807) is 48.4 Å². The Hall–Kier alpha value is -2.83. The Balaban J connectivity index is 1.76. The Morgan fingerprint density at radius 1 is 1.29 bits per heavy atom. The van der Waals surface area contributed by atoms with Crippen molar-refractivity contribution in [3.8, 4) is 0 Å². The van der Waals surface area contributed by atoms with Crippen molar-refractivity contribution in [2.75, 3.05) is 11.9 Å². The summed E-state index contributed by atoms with van der Waals surface area (Å²) in [6.07, 6.45) is 3.88. The van der Waals surface area contributed by atoms with Gasteiger partial charge in [-0.15, -0.1) is 0 Å². The van der Waals surface area contributed by atoms with Crippen LogP contribution in [0.5, 0.6) is 0 Å². The Morgan fingerprint density at radius 3 is 2.57 bits per heavy atom. The van der Waals surface area contributed by atoms with Crippen molar-refractivity contribution in [2.24, 2.45) is 7.05 Å². The second-order valence-electron chi connectivity index (χ2n) is 4.54. The first-order chi connectivity index (χ1) is 10.0. The van der Waals surface area contributed by atoms with Crippen LogP contribution >= 0.6 is 0 Å². The lowest BCUT2D eigenvalue weighted by molar-refractivity contribution is 0.0697. The van der Waals surface area contributed by atoms with Gasteiger partial charge in [0.05, 0.1) is 17.4 Å². The Labute approximate surface area is 121 Å². The van der Waals surface area contributed by atoms with E-state index in [4.69, 9.17) is 5.11 Å². The second kappa shape index (κ2) is 6.56. The minimum Gasteiger partial charge on any atom is -0.478 e. The van der Waals surface area contributed by atoms with Gasteiger partial charge < -0.3 is 15.7 Å². The summed E-state index contributed by atoms with van der Waals surface area (Å²) in [5, 5.41) is 18.1. The molecule has 0 atom stereocenters. The zero-order valence-corrected chi connectivity index (χ0v) is 11.5. The zero-order valence-electron chi connectivity index (χ0n) is 11.5. The van der Waals surface area contributed by atoms with Crippen molar-refractivity contribution in [1.82, 2.24) is 15.1 Å². The fourth-order valence-corrected chi connectivity index (χ4v) is 1.80. The first-order valence-electron chi connectivity index (χ1n) is 6.40. The molecule has 0 fully saturated rings. The van der Waals surface area contributed by atoms with Crippen molar-refractivity contribution in [2.45, 2.75) is 6.42 Å². The molecule has 0 radical (unpaired) electrons. The molecular formula is C14H16N4O3. The summed E-state index contributed by atoms with van der Waals surface area (Å²) < 4.78 is 1.60. The maximum absolute atomic E-state index is 11.6. The molecule has 1 aromatic heterocycles. The fourth-order valence-electron chi connectivity index (χ4n) is 1.80. The van der Waals surface area contributed by atoms with E-state index < -0.39 is 5.97 Å². The minimum atomic E-state index is -0.949. The predicted molar refractivity (Wildman–Crippen MR) is 77.3 cm³/mol. The number of carbonyl (C=O) groups excluding carboxylic acids is 1. The number of carboxylic acids is 1. The summed E-state index contributed by atoms with van der Waals surface area (Å²) in [5.41, 5.74) is 1.84. The van der Waals surface area contributed by atoms with Gasteiger partial charge in [0.25, 0.3) is 0 Å². The topological polar surface area (TPSA) is 96.2 Å². The van der Waals surface area contributed by atoms with E-state index in [0.717, 1.165) is 5.56 Å². The van der Waals surface area contributed by atoms with Gasteiger partial charge in [-0.05, 0) is 24.1 Å². The van der Waals surface area contributed by atoms with Gasteiger partial charge in [0.2, 0.25) is 0 Å². The normalized spacial score (nSPS) is 10.1. The molecule has 2 amide bonds. The summed E-state index contributed by atoms with van der Waals surface area (Å²) >= 11 is 0. The highest BCUT2D eigenvalue weighted by Gasteiger charge is 2.04. The fraction of sp³-hybridized carbons (Fsp3) is 0.214. The maximum Gasteiger partial charge on any atom is 0.335 e. The molecule has 7 heteroatoms. The van der Waals surface area contributed by atoms with E-state index in [1.807, 2.05) is 0 Å². The summed E-state index contributed by atoms with van der Waals surface area (Å²) in [5.74, 6) is -0.949. The molecule has 2 aromatic rings. The van der Waals surface area contributed by atoms with Crippen molar-refractivity contribution in [1.29, 1.82) is 0 Å². The number of urea groups is 1. The summed E-state index contributed by atoms with van der Waals surface area (Å²) in [7, 11) is 1.77. The standard InChI is InChI=1S/C14H16N4O3/c1-18-9-12(8-16-18)17-14(21)15-7-6-10-2-4-11(5-3-10)13(19)20/h2-5,8-9H,6-7H2,1H3,(H,19,20)(H2,15,17,21). The number of nitrogens with one attached hydrogen (secondary N) is 2. The first-order valence-corrected chi connectivity index (χ1v) is 6.40. The molecule has 7 nitrogen and oxygen atoms in total. The number of nitrogens with zero attached hydrogens (tertiary/aromatic N) is 2. The van der Waals surface area contributed by atoms with Crippen LogP contribution in [0.15, 0.2) is 36.7 Å². The van der Waals surface area contributed by atoms with Crippen LogP contribution in [-0.2, 0) is 13.5 Å². The SMILES string of the molecule is Cn1cc(NC(=O)NCCc2ccc(C(=O)O)cc2)cn1. The van der Waals surface area contributed by atoms with Gasteiger partial charge in [-0.25, -0.2) is 9.59 Å². The Morgan fingerprint density at radius 2 is 2.00 bits per heavy atom. The smallest absolute Gasteiger partial charge is 0.335 e. The van der Waals surface area contributed by atoms with Gasteiger partial charge in [0, 0.05) is 19.8 Å². The van der Waals surface area contributed by atoms with Crippen LogP contribution in [0.25, 0.3) is 0 Å². The van der Waals surface area contributed by atoms with Crippen LogP contribution in [0.2, 0.25) is 0 Å². The van der Waals surface area contributed by atoms with Gasteiger partial charge in [0.15, 0.2) is 0 Å². The van der Waals surface area contributed by atoms with Crippen LogP contribution < -0.4 is 10.6 Å². The second-order valence-corrected chi connectivity index (χ2v) is 4.54. The van der Waals surface area contributed by atoms with Gasteiger partial charge in [0.1, 0.15) is 0 Å². The maximum atomic E-state index is 11.6. The molecule has 1 aromatic carbocycles. The van der Waals surface area contributed by atoms with E-state index in [2.05, 4.69) is 15.7 Å². The molecule has 2 rings (SSSR count). The third-order valence-corrected chi connectivity index (χ3v) is 2.86. The lowest BCUT2D eigenvalue weighted by atomic mass is 10.1. The van der Waals surface area contributed by atoms with Crippen molar-refractivity contribution < 1.29 is 14.7 Å². The van der Waals surface area contributed by atoms with Crippen LogP contribution in [0.1, 0.15) is 15.9 Å². The van der Waals surface area contributed by atoms with E-state index in [0.29, 0.717) is 18.7 Å². The lowest BCUT2D eigenvalue weighted by Gasteiger charge is -2.06. The number of rotatable bonds is 5. The number of aromatic carboxylic acids is 1. The highest BCUT2D eigenvalue weighted by atomic mass is 16.4. The lowest BCUT2D eigenvalue weighted by Crippen LogP contribution is -2.30. The molecule has 0 saturated carbocycles.